The molecule has 0 atom stereocenters. The minimum Gasteiger partial charge on any atom is -0.497 e. The fourth-order valence-corrected chi connectivity index (χ4v) is 11.3. The number of aliphatic hydroxyl groups excluding tert-OH is 1. The van der Waals surface area contributed by atoms with Crippen LogP contribution < -0.4 is 4.74 Å². The van der Waals surface area contributed by atoms with Gasteiger partial charge in [-0.15, -0.1) is 0 Å². The van der Waals surface area contributed by atoms with E-state index in [2.05, 4.69) is 92.1 Å². The average molecular weight is 753 g/mol. The summed E-state index contributed by atoms with van der Waals surface area (Å²) in [5, 5.41) is 10.4. The average Bonchev–Trinajstić information content (AvgIpc) is 3.66. The number of carbonyl (C=O) groups excluding carboxylic acids is 2. The van der Waals surface area contributed by atoms with Gasteiger partial charge >= 0.3 is 0 Å². The lowest BCUT2D eigenvalue weighted by molar-refractivity contribution is -0.00430. The van der Waals surface area contributed by atoms with Crippen LogP contribution in [-0.4, -0.2) is 84.1 Å². The first-order valence-corrected chi connectivity index (χ1v) is 20.8. The quantitative estimate of drug-likeness (QED) is 0.181. The first-order chi connectivity index (χ1) is 26.9. The second kappa shape index (κ2) is 13.8. The first kappa shape index (κ1) is 37.4. The number of hydrogen-bond acceptors (Lipinski definition) is 7. The first-order valence-electron chi connectivity index (χ1n) is 20.8. The monoisotopic (exact) mass is 752 g/mol. The predicted octanol–water partition coefficient (Wildman–Crippen LogP) is 8.74. The lowest BCUT2D eigenvalue weighted by atomic mass is 9.57. The minimum atomic E-state index is -0.657. The van der Waals surface area contributed by atoms with Gasteiger partial charge in [0.1, 0.15) is 5.75 Å². The molecule has 2 spiro atoms. The largest absolute Gasteiger partial charge is 0.497 e. The van der Waals surface area contributed by atoms with Crippen molar-refractivity contribution in [2.45, 2.75) is 101 Å². The molecule has 0 radical (unpaired) electrons. The van der Waals surface area contributed by atoms with Crippen LogP contribution in [0, 0.1) is 0 Å². The van der Waals surface area contributed by atoms with Crippen LogP contribution in [0.4, 0.5) is 0 Å². The molecular weight excluding hydrogens is 697 g/mol. The van der Waals surface area contributed by atoms with E-state index in [1.807, 2.05) is 18.2 Å². The highest BCUT2D eigenvalue weighted by Crippen LogP contribution is 2.64. The summed E-state index contributed by atoms with van der Waals surface area (Å²) in [5.74, 6) is 1.15. The van der Waals surface area contributed by atoms with Crippen molar-refractivity contribution in [3.63, 3.8) is 0 Å². The van der Waals surface area contributed by atoms with Crippen LogP contribution in [0.3, 0.4) is 0 Å². The van der Waals surface area contributed by atoms with Crippen molar-refractivity contribution in [2.24, 2.45) is 0 Å². The van der Waals surface area contributed by atoms with Gasteiger partial charge in [-0.2, -0.15) is 0 Å². The number of likely N-dealkylation sites (tertiary alicyclic amines) is 1. The van der Waals surface area contributed by atoms with Gasteiger partial charge in [-0.3, -0.25) is 19.4 Å². The Morgan fingerprint density at radius 3 is 1.57 bits per heavy atom. The maximum atomic E-state index is 14.5. The zero-order chi connectivity index (χ0) is 39.0. The summed E-state index contributed by atoms with van der Waals surface area (Å²) in [6, 6.07) is 25.8. The van der Waals surface area contributed by atoms with E-state index in [1.165, 1.54) is 50.9 Å². The number of aliphatic hydroxyl groups is 1. The van der Waals surface area contributed by atoms with E-state index < -0.39 is 11.1 Å². The summed E-state index contributed by atoms with van der Waals surface area (Å²) in [4.78, 5) is 33.6. The second-order valence-corrected chi connectivity index (χ2v) is 18.1. The fraction of sp³-hybridized carbons (Fsp3) is 0.469. The van der Waals surface area contributed by atoms with Crippen LogP contribution in [0.15, 0.2) is 72.8 Å². The van der Waals surface area contributed by atoms with Gasteiger partial charge in [0.2, 0.25) is 0 Å². The van der Waals surface area contributed by atoms with Gasteiger partial charge in [0.15, 0.2) is 11.6 Å². The van der Waals surface area contributed by atoms with E-state index in [4.69, 9.17) is 9.47 Å². The van der Waals surface area contributed by atoms with Crippen molar-refractivity contribution in [1.29, 1.82) is 0 Å². The number of Topliss-reactive ketones (excluding diaryl/α,β-unsaturated/α-hetero) is 2. The number of nitrogens with zero attached hydrogens (tertiary/aromatic N) is 2. The molecule has 1 saturated carbocycles. The van der Waals surface area contributed by atoms with Gasteiger partial charge in [0.25, 0.3) is 0 Å². The van der Waals surface area contributed by atoms with Crippen LogP contribution in [0.25, 0.3) is 22.3 Å². The van der Waals surface area contributed by atoms with Gasteiger partial charge in [0, 0.05) is 35.0 Å². The Morgan fingerprint density at radius 2 is 1.07 bits per heavy atom. The topological polar surface area (TPSA) is 79.3 Å². The molecule has 4 aromatic carbocycles. The maximum Gasteiger partial charge on any atom is 0.182 e. The normalized spacial score (nSPS) is 23.5. The number of carbonyl (C=O) groups is 2. The number of morpholine rings is 1. The number of rotatable bonds is 8. The Kier molecular flexibility index (Phi) is 9.20. The van der Waals surface area contributed by atoms with E-state index in [0.29, 0.717) is 13.2 Å². The molecule has 7 heteroatoms. The van der Waals surface area contributed by atoms with Crippen LogP contribution in [-0.2, 0) is 22.2 Å². The number of piperidine rings is 1. The highest BCUT2D eigenvalue weighted by atomic mass is 16.5. The number of ether oxygens (including phenoxy) is 2. The molecule has 292 valence electrons. The summed E-state index contributed by atoms with van der Waals surface area (Å²) in [6.07, 6.45) is 6.95. The molecule has 3 fully saturated rings. The van der Waals surface area contributed by atoms with Crippen molar-refractivity contribution in [1.82, 2.24) is 9.80 Å². The highest BCUT2D eigenvalue weighted by Gasteiger charge is 2.54. The van der Waals surface area contributed by atoms with Gasteiger partial charge in [-0.25, -0.2) is 0 Å². The Bertz CT molecular complexity index is 2060. The molecule has 7 nitrogen and oxygen atoms in total. The smallest absolute Gasteiger partial charge is 0.182 e. The summed E-state index contributed by atoms with van der Waals surface area (Å²) in [7, 11) is 1.73. The SMILES string of the molecule is COc1ccc2c(c1)C1(CCC3(CC1)c1cc(CO)ccc1-c1ccc(C(=O)C(C)(C)N4CCCCC4)cc13)c1cc(C(=O)C(C)(C)N3CCOCC3)ccc1-2. The van der Waals surface area contributed by atoms with Gasteiger partial charge < -0.3 is 14.6 Å². The van der Waals surface area contributed by atoms with Crippen LogP contribution in [0.2, 0.25) is 0 Å². The van der Waals surface area contributed by atoms with Crippen LogP contribution >= 0.6 is 0 Å². The third kappa shape index (κ3) is 5.59. The molecule has 2 heterocycles. The van der Waals surface area contributed by atoms with Crippen molar-refractivity contribution in [3.8, 4) is 28.0 Å². The molecule has 0 bridgehead atoms. The molecule has 0 amide bonds. The number of benzene rings is 4. The maximum absolute atomic E-state index is 14.5. The van der Waals surface area contributed by atoms with Gasteiger partial charge in [-0.1, -0.05) is 55.0 Å². The zero-order valence-electron chi connectivity index (χ0n) is 33.8. The van der Waals surface area contributed by atoms with E-state index in [0.717, 1.165) is 87.1 Å². The molecule has 5 aliphatic rings. The van der Waals surface area contributed by atoms with E-state index in [9.17, 15) is 14.7 Å². The standard InChI is InChI=1S/C49H56N2O5/c1-46(2,50-21-7-6-8-22-50)44(53)33-10-14-37-36-13-9-32(31-52)27-40(36)48(41(37)28-33)17-19-49(20-18-48)42-29-34(45(54)47(3,4)51-23-25-56-26-24-51)11-15-38(42)39-16-12-35(55-5)30-43(39)49/h9-16,27-30,52H,6-8,17-26,31H2,1-5H3. The summed E-state index contributed by atoms with van der Waals surface area (Å²) < 4.78 is 11.5. The van der Waals surface area contributed by atoms with E-state index in [-0.39, 0.29) is 29.0 Å². The van der Waals surface area contributed by atoms with Crippen LogP contribution in [0.5, 0.6) is 5.75 Å². The number of hydrogen-bond donors (Lipinski definition) is 1. The Balaban J connectivity index is 1.13. The molecule has 56 heavy (non-hydrogen) atoms. The molecule has 0 aromatic heterocycles. The van der Waals surface area contributed by atoms with Crippen LogP contribution in [0.1, 0.15) is 121 Å². The van der Waals surface area contributed by atoms with E-state index in [1.54, 1.807) is 7.11 Å². The number of ketones is 2. The second-order valence-electron chi connectivity index (χ2n) is 18.1. The third-order valence-electron chi connectivity index (χ3n) is 14.7. The van der Waals surface area contributed by atoms with Crippen molar-refractivity contribution >= 4 is 11.6 Å². The molecule has 0 unspecified atom stereocenters. The Hall–Kier alpha value is -4.14. The fourth-order valence-electron chi connectivity index (χ4n) is 11.3. The Labute approximate surface area is 332 Å². The van der Waals surface area contributed by atoms with Crippen molar-refractivity contribution in [3.05, 3.63) is 112 Å². The lowest BCUT2D eigenvalue weighted by Crippen LogP contribution is -2.54. The van der Waals surface area contributed by atoms with Crippen molar-refractivity contribution in [2.75, 3.05) is 46.5 Å². The molecular formula is C49H56N2O5. The lowest BCUT2D eigenvalue weighted by Gasteiger charge is -2.46. The van der Waals surface area contributed by atoms with Gasteiger partial charge in [0.05, 0.1) is 38.0 Å². The van der Waals surface area contributed by atoms with E-state index >= 15 is 0 Å². The third-order valence-corrected chi connectivity index (χ3v) is 14.7. The van der Waals surface area contributed by atoms with Gasteiger partial charge in [-0.05, 0) is 154 Å². The zero-order valence-corrected chi connectivity index (χ0v) is 33.8. The number of fused-ring (bicyclic) bond motifs is 10. The number of methoxy groups -OCH3 is 1. The molecule has 2 saturated heterocycles. The summed E-state index contributed by atoms with van der Waals surface area (Å²) in [5.41, 5.74) is 10.4. The molecule has 3 aliphatic carbocycles. The Morgan fingerprint density at radius 1 is 0.625 bits per heavy atom. The molecule has 4 aromatic rings. The summed E-state index contributed by atoms with van der Waals surface area (Å²) in [6.45, 7) is 13.0. The molecule has 2 aliphatic heterocycles. The predicted molar refractivity (Wildman–Crippen MR) is 221 cm³/mol. The minimum absolute atomic E-state index is 0.0183. The van der Waals surface area contributed by atoms with Crippen molar-refractivity contribution < 1.29 is 24.2 Å². The summed E-state index contributed by atoms with van der Waals surface area (Å²) >= 11 is 0. The molecule has 9 rings (SSSR count). The highest BCUT2D eigenvalue weighted by molar-refractivity contribution is 6.04. The molecule has 1 N–H and O–H groups in total.